The van der Waals surface area contributed by atoms with Gasteiger partial charge in [-0.3, -0.25) is 15.0 Å². The number of hydrazine groups is 1. The highest BCUT2D eigenvalue weighted by Crippen LogP contribution is 2.33. The van der Waals surface area contributed by atoms with Crippen molar-refractivity contribution in [3.05, 3.63) is 54.4 Å². The van der Waals surface area contributed by atoms with Crippen molar-refractivity contribution in [1.29, 1.82) is 0 Å². The number of carbonyl (C=O) groups excluding carboxylic acids is 3. The first-order valence-corrected chi connectivity index (χ1v) is 9.95. The van der Waals surface area contributed by atoms with E-state index >= 15 is 0 Å². The quantitative estimate of drug-likeness (QED) is 0.651. The molecule has 2 fully saturated rings. The SMILES string of the molecule is O=C(NN1C(=O)NC2(CCCCC2)C1=O)c1cnn2c(-c3ccccc3)ccnc12. The third kappa shape index (κ3) is 2.81. The fourth-order valence-corrected chi connectivity index (χ4v) is 4.26. The number of hydrogen-bond donors (Lipinski definition) is 2. The topological polar surface area (TPSA) is 109 Å². The molecule has 5 rings (SSSR count). The van der Waals surface area contributed by atoms with E-state index in [-0.39, 0.29) is 5.56 Å². The Labute approximate surface area is 172 Å². The summed E-state index contributed by atoms with van der Waals surface area (Å²) >= 11 is 0. The van der Waals surface area contributed by atoms with Gasteiger partial charge in [0.05, 0.1) is 11.9 Å². The van der Waals surface area contributed by atoms with Crippen molar-refractivity contribution in [1.82, 2.24) is 30.3 Å². The Morgan fingerprint density at radius 1 is 1.07 bits per heavy atom. The molecular weight excluding hydrogens is 384 g/mol. The predicted molar refractivity (Wildman–Crippen MR) is 107 cm³/mol. The summed E-state index contributed by atoms with van der Waals surface area (Å²) < 4.78 is 1.57. The summed E-state index contributed by atoms with van der Waals surface area (Å²) in [5, 5.41) is 7.87. The van der Waals surface area contributed by atoms with Gasteiger partial charge in [0.1, 0.15) is 11.1 Å². The second-order valence-electron chi connectivity index (χ2n) is 7.64. The van der Waals surface area contributed by atoms with Crippen molar-refractivity contribution < 1.29 is 14.4 Å². The van der Waals surface area contributed by atoms with Gasteiger partial charge in [-0.1, -0.05) is 49.6 Å². The highest BCUT2D eigenvalue weighted by atomic mass is 16.2. The molecule has 0 atom stereocenters. The number of fused-ring (bicyclic) bond motifs is 1. The van der Waals surface area contributed by atoms with Gasteiger partial charge >= 0.3 is 6.03 Å². The van der Waals surface area contributed by atoms with Crippen LogP contribution in [0.15, 0.2) is 48.8 Å². The van der Waals surface area contributed by atoms with E-state index in [1.165, 1.54) is 6.20 Å². The molecule has 1 aliphatic heterocycles. The van der Waals surface area contributed by atoms with Crippen LogP contribution in [0.1, 0.15) is 42.5 Å². The largest absolute Gasteiger partial charge is 0.344 e. The van der Waals surface area contributed by atoms with Crippen LogP contribution in [0, 0.1) is 0 Å². The smallest absolute Gasteiger partial charge is 0.322 e. The van der Waals surface area contributed by atoms with E-state index in [2.05, 4.69) is 20.8 Å². The van der Waals surface area contributed by atoms with Gasteiger partial charge in [-0.2, -0.15) is 10.1 Å². The first kappa shape index (κ1) is 18.3. The fraction of sp³-hybridized carbons (Fsp3) is 0.286. The summed E-state index contributed by atoms with van der Waals surface area (Å²) in [6.45, 7) is 0. The number of carbonyl (C=O) groups is 3. The molecule has 1 saturated carbocycles. The summed E-state index contributed by atoms with van der Waals surface area (Å²) in [5.41, 5.74) is 3.76. The van der Waals surface area contributed by atoms with Crippen molar-refractivity contribution in [2.75, 3.05) is 0 Å². The summed E-state index contributed by atoms with van der Waals surface area (Å²) in [6.07, 6.45) is 6.93. The molecule has 0 radical (unpaired) electrons. The number of imide groups is 1. The maximum atomic E-state index is 12.9. The van der Waals surface area contributed by atoms with Gasteiger partial charge in [0, 0.05) is 11.8 Å². The Morgan fingerprint density at radius 2 is 1.83 bits per heavy atom. The van der Waals surface area contributed by atoms with Gasteiger partial charge in [-0.05, 0) is 18.9 Å². The lowest BCUT2D eigenvalue weighted by Gasteiger charge is -2.30. The molecule has 1 aromatic carbocycles. The average Bonchev–Trinajstić information content (AvgIpc) is 3.30. The number of aromatic nitrogens is 3. The third-order valence-electron chi connectivity index (χ3n) is 5.80. The van der Waals surface area contributed by atoms with Crippen LogP contribution < -0.4 is 10.7 Å². The molecule has 3 aromatic rings. The minimum absolute atomic E-state index is 0.179. The number of urea groups is 1. The minimum atomic E-state index is -0.900. The Bertz CT molecular complexity index is 1150. The van der Waals surface area contributed by atoms with Crippen molar-refractivity contribution in [3.63, 3.8) is 0 Å². The molecule has 1 aliphatic carbocycles. The highest BCUT2D eigenvalue weighted by molar-refractivity contribution is 6.10. The molecule has 1 saturated heterocycles. The van der Waals surface area contributed by atoms with E-state index in [1.807, 2.05) is 30.3 Å². The third-order valence-corrected chi connectivity index (χ3v) is 5.80. The Kier molecular flexibility index (Phi) is 4.23. The summed E-state index contributed by atoms with van der Waals surface area (Å²) in [6, 6.07) is 10.8. The summed E-state index contributed by atoms with van der Waals surface area (Å²) in [7, 11) is 0. The van der Waals surface area contributed by atoms with Crippen molar-refractivity contribution in [3.8, 4) is 11.3 Å². The second-order valence-corrected chi connectivity index (χ2v) is 7.64. The van der Waals surface area contributed by atoms with E-state index < -0.39 is 23.4 Å². The van der Waals surface area contributed by atoms with Crippen molar-refractivity contribution >= 4 is 23.5 Å². The molecule has 0 unspecified atom stereocenters. The second kappa shape index (κ2) is 6.94. The maximum absolute atomic E-state index is 12.9. The molecule has 2 N–H and O–H groups in total. The number of benzene rings is 1. The fourth-order valence-electron chi connectivity index (χ4n) is 4.26. The van der Waals surface area contributed by atoms with Crippen LogP contribution in [-0.2, 0) is 4.79 Å². The average molecular weight is 404 g/mol. The number of nitrogens with zero attached hydrogens (tertiary/aromatic N) is 4. The lowest BCUT2D eigenvalue weighted by atomic mass is 9.82. The van der Waals surface area contributed by atoms with Gasteiger partial charge in [-0.25, -0.2) is 14.3 Å². The molecule has 4 amide bonds. The zero-order valence-electron chi connectivity index (χ0n) is 16.2. The van der Waals surface area contributed by atoms with Crippen LogP contribution in [0.25, 0.3) is 16.9 Å². The van der Waals surface area contributed by atoms with E-state index in [0.29, 0.717) is 18.5 Å². The molecule has 9 nitrogen and oxygen atoms in total. The Balaban J connectivity index is 1.43. The number of amides is 4. The van der Waals surface area contributed by atoms with Crippen LogP contribution in [0.4, 0.5) is 4.79 Å². The summed E-state index contributed by atoms with van der Waals surface area (Å²) in [5.74, 6) is -1.02. The lowest BCUT2D eigenvalue weighted by molar-refractivity contribution is -0.134. The Morgan fingerprint density at radius 3 is 2.60 bits per heavy atom. The lowest BCUT2D eigenvalue weighted by Crippen LogP contribution is -2.50. The van der Waals surface area contributed by atoms with Crippen LogP contribution in [-0.4, -0.2) is 43.0 Å². The van der Waals surface area contributed by atoms with Crippen LogP contribution in [0.3, 0.4) is 0 Å². The first-order chi connectivity index (χ1) is 14.6. The van der Waals surface area contributed by atoms with Gasteiger partial charge in [0.25, 0.3) is 11.8 Å². The van der Waals surface area contributed by atoms with Crippen LogP contribution in [0.2, 0.25) is 0 Å². The van der Waals surface area contributed by atoms with Crippen LogP contribution >= 0.6 is 0 Å². The predicted octanol–water partition coefficient (Wildman–Crippen LogP) is 2.30. The number of nitrogens with one attached hydrogen (secondary N) is 2. The normalized spacial score (nSPS) is 18.1. The van der Waals surface area contributed by atoms with E-state index in [0.717, 1.165) is 35.5 Å². The monoisotopic (exact) mass is 404 g/mol. The van der Waals surface area contributed by atoms with E-state index in [4.69, 9.17) is 0 Å². The van der Waals surface area contributed by atoms with Gasteiger partial charge in [0.2, 0.25) is 0 Å². The number of rotatable bonds is 3. The maximum Gasteiger partial charge on any atom is 0.344 e. The zero-order chi connectivity index (χ0) is 20.7. The molecule has 1 spiro atoms. The Hall–Kier alpha value is -3.75. The summed E-state index contributed by atoms with van der Waals surface area (Å²) in [4.78, 5) is 42.5. The molecule has 9 heteroatoms. The van der Waals surface area contributed by atoms with Crippen LogP contribution in [0.5, 0.6) is 0 Å². The molecule has 152 valence electrons. The van der Waals surface area contributed by atoms with Gasteiger partial charge < -0.3 is 5.32 Å². The first-order valence-electron chi connectivity index (χ1n) is 9.95. The molecule has 0 bridgehead atoms. The van der Waals surface area contributed by atoms with Crippen molar-refractivity contribution in [2.45, 2.75) is 37.6 Å². The van der Waals surface area contributed by atoms with E-state index in [9.17, 15) is 14.4 Å². The van der Waals surface area contributed by atoms with E-state index in [1.54, 1.807) is 16.8 Å². The molecule has 2 aliphatic rings. The standard InChI is InChI=1S/C21H20N6O3/c28-18(25-27-19(29)21(24-20(27)30)10-5-2-6-11-21)15-13-23-26-16(9-12-22-17(15)26)14-7-3-1-4-8-14/h1,3-4,7-9,12-13H,2,5-6,10-11H2,(H,24,30)(H,25,28). The minimum Gasteiger partial charge on any atom is -0.322 e. The number of hydrogen-bond acceptors (Lipinski definition) is 5. The zero-order valence-corrected chi connectivity index (χ0v) is 16.2. The van der Waals surface area contributed by atoms with Crippen molar-refractivity contribution in [2.24, 2.45) is 0 Å². The van der Waals surface area contributed by atoms with Gasteiger partial charge in [0.15, 0.2) is 5.65 Å². The molecular formula is C21H20N6O3. The molecule has 30 heavy (non-hydrogen) atoms. The molecule has 3 heterocycles. The highest BCUT2D eigenvalue weighted by Gasteiger charge is 2.52. The molecule has 2 aromatic heterocycles. The van der Waals surface area contributed by atoms with Gasteiger partial charge in [-0.15, -0.1) is 0 Å².